The summed E-state index contributed by atoms with van der Waals surface area (Å²) in [5.74, 6) is -1.70. The molecule has 2 nitrogen and oxygen atoms in total. The first kappa shape index (κ1) is 18.5. The van der Waals surface area contributed by atoms with E-state index in [-0.39, 0.29) is 5.56 Å². The molecule has 0 heterocycles. The third kappa shape index (κ3) is 3.64. The summed E-state index contributed by atoms with van der Waals surface area (Å²) in [6.45, 7) is 0. The fraction of sp³-hybridized carbons (Fsp3) is 0.111. The monoisotopic (exact) mass is 488 g/mol. The average Bonchev–Trinajstić information content (AvgIpc) is 3.00. The second kappa shape index (κ2) is 6.78. The lowest BCUT2D eigenvalue weighted by atomic mass is 9.96. The SMILES string of the molecule is CS(=O)(=O)c1cc(F)c(C2=C(c3ccc(Br)c(Br)c3)C=CC2)cc1F. The van der Waals surface area contributed by atoms with Gasteiger partial charge in [0, 0.05) is 20.8 Å². The summed E-state index contributed by atoms with van der Waals surface area (Å²) in [4.78, 5) is -0.631. The van der Waals surface area contributed by atoms with Crippen molar-refractivity contribution in [2.75, 3.05) is 6.26 Å². The minimum Gasteiger partial charge on any atom is -0.224 e. The van der Waals surface area contributed by atoms with E-state index in [0.717, 1.165) is 38.5 Å². The Morgan fingerprint density at radius 3 is 2.36 bits per heavy atom. The van der Waals surface area contributed by atoms with Crippen molar-refractivity contribution < 1.29 is 17.2 Å². The molecule has 0 aliphatic heterocycles. The van der Waals surface area contributed by atoms with E-state index in [1.807, 2.05) is 30.4 Å². The standard InChI is InChI=1S/C18H12Br2F2O2S/c1-25(23,24)18-9-16(21)13(8-17(18)22)12-4-2-3-11(12)10-5-6-14(19)15(20)7-10/h2-3,5-9H,4H2,1H3. The maximum Gasteiger partial charge on any atom is 0.178 e. The molecule has 0 saturated carbocycles. The molecule has 1 aliphatic carbocycles. The zero-order valence-electron chi connectivity index (χ0n) is 13.0. The predicted octanol–water partition coefficient (Wildman–Crippen LogP) is 5.76. The molecule has 130 valence electrons. The van der Waals surface area contributed by atoms with Crippen molar-refractivity contribution in [2.45, 2.75) is 11.3 Å². The number of halogens is 4. The van der Waals surface area contributed by atoms with E-state index in [1.165, 1.54) is 0 Å². The van der Waals surface area contributed by atoms with Crippen LogP contribution in [-0.2, 0) is 9.84 Å². The van der Waals surface area contributed by atoms with Gasteiger partial charge in [0.05, 0.1) is 0 Å². The Hall–Kier alpha value is -1.31. The van der Waals surface area contributed by atoms with Crippen LogP contribution in [0, 0.1) is 11.6 Å². The summed E-state index contributed by atoms with van der Waals surface area (Å²) in [5.41, 5.74) is 2.32. The molecule has 2 aromatic carbocycles. The van der Waals surface area contributed by atoms with Crippen LogP contribution in [0.4, 0.5) is 8.78 Å². The van der Waals surface area contributed by atoms with Gasteiger partial charge < -0.3 is 0 Å². The molecule has 0 fully saturated rings. The van der Waals surface area contributed by atoms with Gasteiger partial charge >= 0.3 is 0 Å². The van der Waals surface area contributed by atoms with E-state index in [4.69, 9.17) is 0 Å². The third-order valence-corrected chi connectivity index (χ3v) is 6.90. The molecule has 2 aromatic rings. The van der Waals surface area contributed by atoms with Gasteiger partial charge in [-0.3, -0.25) is 0 Å². The highest BCUT2D eigenvalue weighted by Crippen LogP contribution is 2.38. The predicted molar refractivity (Wildman–Crippen MR) is 102 cm³/mol. The minimum atomic E-state index is -3.83. The Labute approximate surface area is 161 Å². The third-order valence-electron chi connectivity index (χ3n) is 3.91. The molecular weight excluding hydrogens is 478 g/mol. The van der Waals surface area contributed by atoms with Gasteiger partial charge in [0.25, 0.3) is 0 Å². The molecule has 0 amide bonds. The number of rotatable bonds is 3. The number of sulfone groups is 1. The van der Waals surface area contributed by atoms with Crippen molar-refractivity contribution >= 4 is 52.8 Å². The van der Waals surface area contributed by atoms with E-state index in [9.17, 15) is 17.2 Å². The topological polar surface area (TPSA) is 34.1 Å². The highest BCUT2D eigenvalue weighted by atomic mass is 79.9. The summed E-state index contributed by atoms with van der Waals surface area (Å²) >= 11 is 6.83. The fourth-order valence-corrected chi connectivity index (χ4v) is 4.09. The van der Waals surface area contributed by atoms with Crippen LogP contribution in [0.5, 0.6) is 0 Å². The van der Waals surface area contributed by atoms with Crippen molar-refractivity contribution in [2.24, 2.45) is 0 Å². The first-order valence-electron chi connectivity index (χ1n) is 7.23. The highest BCUT2D eigenvalue weighted by molar-refractivity contribution is 9.13. The van der Waals surface area contributed by atoms with Crippen molar-refractivity contribution in [3.05, 3.63) is 74.2 Å². The normalized spacial score (nSPS) is 14.4. The number of benzene rings is 2. The maximum absolute atomic E-state index is 14.5. The summed E-state index contributed by atoms with van der Waals surface area (Å²) < 4.78 is 53.6. The van der Waals surface area contributed by atoms with Crippen LogP contribution in [0.2, 0.25) is 0 Å². The van der Waals surface area contributed by atoms with Crippen LogP contribution in [-0.4, -0.2) is 14.7 Å². The van der Waals surface area contributed by atoms with Gasteiger partial charge in [-0.15, -0.1) is 0 Å². The van der Waals surface area contributed by atoms with Crippen molar-refractivity contribution in [3.8, 4) is 0 Å². The molecule has 1 aliphatic rings. The van der Waals surface area contributed by atoms with Gasteiger partial charge in [0.15, 0.2) is 9.84 Å². The molecule has 0 atom stereocenters. The molecule has 0 N–H and O–H groups in total. The minimum absolute atomic E-state index is 0.0731. The smallest absolute Gasteiger partial charge is 0.178 e. The van der Waals surface area contributed by atoms with Crippen LogP contribution < -0.4 is 0 Å². The van der Waals surface area contributed by atoms with Crippen molar-refractivity contribution in [1.29, 1.82) is 0 Å². The molecule has 0 radical (unpaired) electrons. The highest BCUT2D eigenvalue weighted by Gasteiger charge is 2.22. The molecule has 0 bridgehead atoms. The molecule has 0 saturated heterocycles. The average molecular weight is 490 g/mol. The first-order valence-corrected chi connectivity index (χ1v) is 10.7. The molecule has 7 heteroatoms. The second-order valence-electron chi connectivity index (χ2n) is 5.66. The van der Waals surface area contributed by atoms with Gasteiger partial charge in [-0.2, -0.15) is 0 Å². The van der Waals surface area contributed by atoms with Gasteiger partial charge in [0.1, 0.15) is 16.5 Å². The lowest BCUT2D eigenvalue weighted by Gasteiger charge is -2.12. The molecular formula is C18H12Br2F2O2S. The molecule has 0 spiro atoms. The summed E-state index contributed by atoms with van der Waals surface area (Å²) in [7, 11) is -3.83. The maximum atomic E-state index is 14.5. The zero-order chi connectivity index (χ0) is 18.4. The Kier molecular flexibility index (Phi) is 5.01. The fourth-order valence-electron chi connectivity index (χ4n) is 2.74. The lowest BCUT2D eigenvalue weighted by Crippen LogP contribution is -2.04. The number of allylic oxidation sites excluding steroid dienone is 4. The van der Waals surface area contributed by atoms with Crippen molar-refractivity contribution in [3.63, 3.8) is 0 Å². The van der Waals surface area contributed by atoms with E-state index in [0.29, 0.717) is 12.0 Å². The van der Waals surface area contributed by atoms with E-state index in [1.54, 1.807) is 0 Å². The quantitative estimate of drug-likeness (QED) is 0.548. The van der Waals surface area contributed by atoms with Gasteiger partial charge in [-0.05, 0) is 79.3 Å². The molecule has 0 aromatic heterocycles. The van der Waals surface area contributed by atoms with E-state index in [2.05, 4.69) is 31.9 Å². The van der Waals surface area contributed by atoms with Crippen LogP contribution in [0.3, 0.4) is 0 Å². The first-order chi connectivity index (χ1) is 11.7. The van der Waals surface area contributed by atoms with Gasteiger partial charge in [-0.25, -0.2) is 17.2 Å². The second-order valence-corrected chi connectivity index (χ2v) is 9.36. The van der Waals surface area contributed by atoms with Crippen LogP contribution in [0.1, 0.15) is 17.5 Å². The zero-order valence-corrected chi connectivity index (χ0v) is 17.0. The molecule has 0 unspecified atom stereocenters. The summed E-state index contributed by atoms with van der Waals surface area (Å²) in [6.07, 6.45) is 5.01. The van der Waals surface area contributed by atoms with Crippen LogP contribution in [0.15, 0.2) is 56.3 Å². The molecule has 25 heavy (non-hydrogen) atoms. The number of hydrogen-bond acceptors (Lipinski definition) is 2. The summed E-state index contributed by atoms with van der Waals surface area (Å²) in [5, 5.41) is 0. The lowest BCUT2D eigenvalue weighted by molar-refractivity contribution is 0.554. The van der Waals surface area contributed by atoms with Crippen LogP contribution >= 0.6 is 31.9 Å². The summed E-state index contributed by atoms with van der Waals surface area (Å²) in [6, 6.07) is 7.33. The number of hydrogen-bond donors (Lipinski definition) is 0. The van der Waals surface area contributed by atoms with E-state index < -0.39 is 26.4 Å². The Morgan fingerprint density at radius 2 is 1.72 bits per heavy atom. The molecule has 3 rings (SSSR count). The Morgan fingerprint density at radius 1 is 1.00 bits per heavy atom. The van der Waals surface area contributed by atoms with Crippen molar-refractivity contribution in [1.82, 2.24) is 0 Å². The van der Waals surface area contributed by atoms with Crippen LogP contribution in [0.25, 0.3) is 11.1 Å². The largest absolute Gasteiger partial charge is 0.224 e. The van der Waals surface area contributed by atoms with E-state index >= 15 is 0 Å². The Balaban J connectivity index is 2.18. The van der Waals surface area contributed by atoms with Gasteiger partial charge in [-0.1, -0.05) is 18.2 Å². The van der Waals surface area contributed by atoms with Gasteiger partial charge in [0.2, 0.25) is 0 Å². The Bertz CT molecular complexity index is 1040.